The van der Waals surface area contributed by atoms with Crippen LogP contribution in [0.4, 0.5) is 5.82 Å². The molecule has 1 aromatic carbocycles. The Labute approximate surface area is 175 Å². The van der Waals surface area contributed by atoms with Crippen LogP contribution in [-0.2, 0) is 6.54 Å². The largest absolute Gasteiger partial charge is 0.493 e. The summed E-state index contributed by atoms with van der Waals surface area (Å²) >= 11 is 6.44. The molecular weight excluding hydrogens is 388 g/mol. The minimum absolute atomic E-state index is 0.112. The predicted octanol–water partition coefficient (Wildman–Crippen LogP) is 5.18. The monoisotopic (exact) mass is 412 g/mol. The molecule has 0 spiro atoms. The zero-order chi connectivity index (χ0) is 20.2. The van der Waals surface area contributed by atoms with E-state index in [4.69, 9.17) is 20.9 Å². The SMILES string of the molecule is Cc1cc(N[C@@H](C)C=Cc2cnn(Cc3ccc(OCC4CC4)cc3Cl)c2)no1. The molecule has 3 aromatic rings. The van der Waals surface area contributed by atoms with Crippen LogP contribution in [0.25, 0.3) is 6.08 Å². The number of halogens is 1. The number of hydrogen-bond donors (Lipinski definition) is 1. The summed E-state index contributed by atoms with van der Waals surface area (Å²) in [5.41, 5.74) is 2.04. The van der Waals surface area contributed by atoms with Crippen molar-refractivity contribution >= 4 is 23.5 Å². The summed E-state index contributed by atoms with van der Waals surface area (Å²) in [6.45, 7) is 5.32. The molecule has 1 atom stereocenters. The van der Waals surface area contributed by atoms with E-state index in [1.54, 1.807) is 0 Å². The minimum atomic E-state index is 0.112. The van der Waals surface area contributed by atoms with E-state index in [0.29, 0.717) is 11.6 Å². The molecule has 0 bridgehead atoms. The summed E-state index contributed by atoms with van der Waals surface area (Å²) in [7, 11) is 0. The summed E-state index contributed by atoms with van der Waals surface area (Å²) in [6.07, 6.45) is 10.5. The lowest BCUT2D eigenvalue weighted by Gasteiger charge is -2.09. The first-order valence-corrected chi connectivity index (χ1v) is 10.2. The minimum Gasteiger partial charge on any atom is -0.493 e. The Morgan fingerprint density at radius 3 is 2.97 bits per heavy atom. The Morgan fingerprint density at radius 2 is 2.24 bits per heavy atom. The van der Waals surface area contributed by atoms with Crippen molar-refractivity contribution in [3.05, 3.63) is 64.6 Å². The van der Waals surface area contributed by atoms with Crippen LogP contribution in [0.15, 0.2) is 47.3 Å². The van der Waals surface area contributed by atoms with Gasteiger partial charge in [0.2, 0.25) is 0 Å². The molecule has 1 aliphatic carbocycles. The maximum atomic E-state index is 6.44. The Morgan fingerprint density at radius 1 is 1.38 bits per heavy atom. The van der Waals surface area contributed by atoms with Crippen molar-refractivity contribution in [1.29, 1.82) is 0 Å². The molecule has 2 heterocycles. The van der Waals surface area contributed by atoms with Gasteiger partial charge in [0.25, 0.3) is 0 Å². The number of ether oxygens (including phenoxy) is 1. The van der Waals surface area contributed by atoms with Crippen LogP contribution < -0.4 is 10.1 Å². The van der Waals surface area contributed by atoms with E-state index < -0.39 is 0 Å². The number of aromatic nitrogens is 3. The van der Waals surface area contributed by atoms with E-state index in [1.807, 2.05) is 54.3 Å². The highest BCUT2D eigenvalue weighted by Crippen LogP contribution is 2.30. The van der Waals surface area contributed by atoms with E-state index in [2.05, 4.69) is 28.6 Å². The Balaban J connectivity index is 1.32. The zero-order valence-corrected chi connectivity index (χ0v) is 17.4. The number of anilines is 1. The lowest BCUT2D eigenvalue weighted by atomic mass is 10.2. The van der Waals surface area contributed by atoms with Crippen LogP contribution in [0.1, 0.15) is 36.7 Å². The third-order valence-corrected chi connectivity index (χ3v) is 5.13. The molecule has 1 N–H and O–H groups in total. The van der Waals surface area contributed by atoms with Crippen molar-refractivity contribution in [2.45, 2.75) is 39.3 Å². The number of aryl methyl sites for hydroxylation is 1. The maximum absolute atomic E-state index is 6.44. The van der Waals surface area contributed by atoms with Gasteiger partial charge >= 0.3 is 0 Å². The van der Waals surface area contributed by atoms with E-state index in [0.717, 1.165) is 41.0 Å². The van der Waals surface area contributed by atoms with Gasteiger partial charge in [0.1, 0.15) is 11.5 Å². The van der Waals surface area contributed by atoms with Gasteiger partial charge in [-0.1, -0.05) is 35.0 Å². The normalized spacial score (nSPS) is 15.0. The molecular formula is C22H25ClN4O2. The lowest BCUT2D eigenvalue weighted by molar-refractivity contribution is 0.299. The Kier molecular flexibility index (Phi) is 5.90. The molecule has 0 unspecified atom stereocenters. The highest BCUT2D eigenvalue weighted by Gasteiger charge is 2.22. The molecule has 152 valence electrons. The number of hydrogen-bond acceptors (Lipinski definition) is 5. The van der Waals surface area contributed by atoms with Crippen LogP contribution in [0.5, 0.6) is 5.75 Å². The van der Waals surface area contributed by atoms with Gasteiger partial charge in [0.15, 0.2) is 5.82 Å². The number of rotatable bonds is 9. The van der Waals surface area contributed by atoms with Gasteiger partial charge in [-0.05, 0) is 50.3 Å². The van der Waals surface area contributed by atoms with Gasteiger partial charge in [-0.15, -0.1) is 0 Å². The van der Waals surface area contributed by atoms with E-state index in [9.17, 15) is 0 Å². The molecule has 0 aliphatic heterocycles. The first kappa shape index (κ1) is 19.6. The molecule has 1 aliphatic rings. The number of benzene rings is 1. The number of nitrogens with zero attached hydrogens (tertiary/aromatic N) is 3. The van der Waals surface area contributed by atoms with Crippen LogP contribution in [0.3, 0.4) is 0 Å². The predicted molar refractivity (Wildman–Crippen MR) is 114 cm³/mol. The van der Waals surface area contributed by atoms with Gasteiger partial charge in [-0.2, -0.15) is 5.10 Å². The quantitative estimate of drug-likeness (QED) is 0.524. The fraction of sp³-hybridized carbons (Fsp3) is 0.364. The molecule has 4 rings (SSSR count). The summed E-state index contributed by atoms with van der Waals surface area (Å²) in [6, 6.07) is 7.86. The average Bonchev–Trinajstić information content (AvgIpc) is 3.28. The molecule has 29 heavy (non-hydrogen) atoms. The van der Waals surface area contributed by atoms with Crippen molar-refractivity contribution in [1.82, 2.24) is 14.9 Å². The molecule has 0 radical (unpaired) electrons. The molecule has 1 saturated carbocycles. The molecule has 1 fully saturated rings. The summed E-state index contributed by atoms with van der Waals surface area (Å²) in [5, 5.41) is 12.3. The van der Waals surface area contributed by atoms with Crippen LogP contribution in [0.2, 0.25) is 5.02 Å². The van der Waals surface area contributed by atoms with Gasteiger partial charge in [0, 0.05) is 28.9 Å². The fourth-order valence-corrected chi connectivity index (χ4v) is 3.17. The van der Waals surface area contributed by atoms with E-state index >= 15 is 0 Å². The van der Waals surface area contributed by atoms with Crippen molar-refractivity contribution < 1.29 is 9.26 Å². The van der Waals surface area contributed by atoms with Gasteiger partial charge in [0.05, 0.1) is 19.3 Å². The number of nitrogens with one attached hydrogen (secondary N) is 1. The third-order valence-electron chi connectivity index (χ3n) is 4.77. The second kappa shape index (κ2) is 8.74. The second-order valence-electron chi connectivity index (χ2n) is 7.59. The maximum Gasteiger partial charge on any atom is 0.170 e. The average molecular weight is 413 g/mol. The lowest BCUT2D eigenvalue weighted by Crippen LogP contribution is -2.11. The fourth-order valence-electron chi connectivity index (χ4n) is 2.94. The molecule has 6 nitrogen and oxygen atoms in total. The van der Waals surface area contributed by atoms with Crippen LogP contribution in [-0.4, -0.2) is 27.6 Å². The van der Waals surface area contributed by atoms with Gasteiger partial charge in [-0.25, -0.2) is 0 Å². The summed E-state index contributed by atoms with van der Waals surface area (Å²) < 4.78 is 12.7. The van der Waals surface area contributed by atoms with Crippen molar-refractivity contribution in [2.75, 3.05) is 11.9 Å². The molecule has 7 heteroatoms. The summed E-state index contributed by atoms with van der Waals surface area (Å²) in [5.74, 6) is 3.07. The standard InChI is InChI=1S/C22H25ClN4O2/c1-15(25-22-9-16(2)29-26-22)3-4-18-11-24-27(12-18)13-19-7-8-20(10-21(19)23)28-14-17-5-6-17/h3-4,7-12,15,17H,5-6,13-14H2,1-2H3,(H,25,26)/t15-/m0/s1. The van der Waals surface area contributed by atoms with E-state index in [-0.39, 0.29) is 6.04 Å². The highest BCUT2D eigenvalue weighted by molar-refractivity contribution is 6.31. The third kappa shape index (κ3) is 5.64. The first-order chi connectivity index (χ1) is 14.0. The first-order valence-electron chi connectivity index (χ1n) is 9.87. The van der Waals surface area contributed by atoms with Gasteiger partial charge in [-0.3, -0.25) is 4.68 Å². The Hall–Kier alpha value is -2.73. The molecule has 2 aromatic heterocycles. The molecule has 0 saturated heterocycles. The topological polar surface area (TPSA) is 65.1 Å². The van der Waals surface area contributed by atoms with Crippen molar-refractivity contribution in [3.8, 4) is 5.75 Å². The van der Waals surface area contributed by atoms with Crippen LogP contribution >= 0.6 is 11.6 Å². The molecule has 0 amide bonds. The Bertz CT molecular complexity index is 990. The zero-order valence-electron chi connectivity index (χ0n) is 16.6. The highest BCUT2D eigenvalue weighted by atomic mass is 35.5. The summed E-state index contributed by atoms with van der Waals surface area (Å²) in [4.78, 5) is 0. The van der Waals surface area contributed by atoms with Crippen molar-refractivity contribution in [2.24, 2.45) is 5.92 Å². The van der Waals surface area contributed by atoms with Crippen LogP contribution in [0, 0.1) is 12.8 Å². The second-order valence-corrected chi connectivity index (χ2v) is 8.00. The van der Waals surface area contributed by atoms with Crippen molar-refractivity contribution in [3.63, 3.8) is 0 Å². The van der Waals surface area contributed by atoms with Gasteiger partial charge < -0.3 is 14.6 Å². The van der Waals surface area contributed by atoms with E-state index in [1.165, 1.54) is 12.8 Å². The smallest absolute Gasteiger partial charge is 0.170 e.